The lowest BCUT2D eigenvalue weighted by atomic mass is 10.1. The number of hydrogen-bond donors (Lipinski definition) is 2. The van der Waals surface area contributed by atoms with Gasteiger partial charge in [-0.1, -0.05) is 17.7 Å². The third-order valence-electron chi connectivity index (χ3n) is 1.91. The number of rotatable bonds is 1. The number of hydrazine groups is 1. The highest BCUT2D eigenvalue weighted by Gasteiger charge is 2.09. The summed E-state index contributed by atoms with van der Waals surface area (Å²) < 4.78 is 0. The number of amides is 3. The fraction of sp³-hybridized carbons (Fsp3) is 0.200. The van der Waals surface area contributed by atoms with Gasteiger partial charge in [-0.25, -0.2) is 9.80 Å². The maximum absolute atomic E-state index is 11.5. The van der Waals surface area contributed by atoms with Crippen LogP contribution in [0, 0.1) is 6.92 Å². The lowest BCUT2D eigenvalue weighted by Gasteiger charge is -2.15. The average molecular weight is 207 g/mol. The molecule has 15 heavy (non-hydrogen) atoms. The molecule has 0 aliphatic carbocycles. The van der Waals surface area contributed by atoms with E-state index in [4.69, 9.17) is 5.73 Å². The predicted molar refractivity (Wildman–Crippen MR) is 56.0 cm³/mol. The van der Waals surface area contributed by atoms with E-state index in [0.717, 1.165) is 10.6 Å². The average Bonchev–Trinajstić information content (AvgIpc) is 2.18. The standard InChI is InChI=1S/C10H13N3O2/c1-7-3-5-8(6-4-7)9(14)12-13(2)10(11)15/h3-6H,1-2H3,(H2,11,15)(H,12,14). The molecule has 1 aromatic rings. The van der Waals surface area contributed by atoms with Crippen molar-refractivity contribution in [1.29, 1.82) is 0 Å². The zero-order valence-electron chi connectivity index (χ0n) is 8.65. The van der Waals surface area contributed by atoms with Gasteiger partial charge in [-0.15, -0.1) is 0 Å². The molecule has 5 nitrogen and oxygen atoms in total. The molecule has 3 N–H and O–H groups in total. The van der Waals surface area contributed by atoms with Gasteiger partial charge in [-0.3, -0.25) is 10.2 Å². The summed E-state index contributed by atoms with van der Waals surface area (Å²) in [6, 6.07) is 6.28. The first-order valence-electron chi connectivity index (χ1n) is 4.41. The Bertz CT molecular complexity index is 373. The molecule has 0 aliphatic heterocycles. The lowest BCUT2D eigenvalue weighted by Crippen LogP contribution is -2.46. The van der Waals surface area contributed by atoms with Crippen LogP contribution in [0.5, 0.6) is 0 Å². The van der Waals surface area contributed by atoms with Gasteiger partial charge < -0.3 is 5.73 Å². The maximum Gasteiger partial charge on any atom is 0.333 e. The van der Waals surface area contributed by atoms with Crippen LogP contribution in [0.25, 0.3) is 0 Å². The smallest absolute Gasteiger partial charge is 0.333 e. The Balaban J connectivity index is 2.69. The number of benzene rings is 1. The maximum atomic E-state index is 11.5. The normalized spacial score (nSPS) is 9.47. The Kier molecular flexibility index (Phi) is 3.28. The number of carbonyl (C=O) groups excluding carboxylic acids is 2. The molecule has 1 rings (SSSR count). The number of aryl methyl sites for hydroxylation is 1. The molecule has 0 bridgehead atoms. The van der Waals surface area contributed by atoms with E-state index >= 15 is 0 Å². The molecule has 0 saturated heterocycles. The highest BCUT2D eigenvalue weighted by molar-refractivity contribution is 5.95. The summed E-state index contributed by atoms with van der Waals surface area (Å²) in [5.74, 6) is -0.365. The zero-order valence-corrected chi connectivity index (χ0v) is 8.65. The van der Waals surface area contributed by atoms with Gasteiger partial charge in [0.15, 0.2) is 0 Å². The SMILES string of the molecule is Cc1ccc(C(=O)NN(C)C(N)=O)cc1. The number of carbonyl (C=O) groups is 2. The summed E-state index contributed by atoms with van der Waals surface area (Å²) in [5.41, 5.74) is 8.84. The first-order chi connectivity index (χ1) is 7.00. The first-order valence-corrected chi connectivity index (χ1v) is 4.41. The summed E-state index contributed by atoms with van der Waals surface area (Å²) in [6.45, 7) is 1.93. The number of nitrogens with zero attached hydrogens (tertiary/aromatic N) is 1. The highest BCUT2D eigenvalue weighted by atomic mass is 16.2. The Morgan fingerprint density at radius 2 is 1.80 bits per heavy atom. The Labute approximate surface area is 87.8 Å². The van der Waals surface area contributed by atoms with Crippen LogP contribution >= 0.6 is 0 Å². The topological polar surface area (TPSA) is 75.4 Å². The Morgan fingerprint density at radius 3 is 2.27 bits per heavy atom. The van der Waals surface area contributed by atoms with Crippen LogP contribution in [0.2, 0.25) is 0 Å². The molecule has 0 atom stereocenters. The van der Waals surface area contributed by atoms with Crippen molar-refractivity contribution < 1.29 is 9.59 Å². The molecule has 0 heterocycles. The number of primary amides is 1. The van der Waals surface area contributed by atoms with E-state index in [9.17, 15) is 9.59 Å². The predicted octanol–water partition coefficient (Wildman–Crippen LogP) is 0.650. The van der Waals surface area contributed by atoms with Gasteiger partial charge in [0.05, 0.1) is 0 Å². The molecule has 80 valence electrons. The second-order valence-corrected chi connectivity index (χ2v) is 3.20. The van der Waals surface area contributed by atoms with Crippen molar-refractivity contribution in [1.82, 2.24) is 10.4 Å². The van der Waals surface area contributed by atoms with Gasteiger partial charge in [0.2, 0.25) is 0 Å². The molecule has 0 spiro atoms. The van der Waals surface area contributed by atoms with Crippen LogP contribution in [0.3, 0.4) is 0 Å². The van der Waals surface area contributed by atoms with E-state index in [1.807, 2.05) is 19.1 Å². The van der Waals surface area contributed by atoms with Gasteiger partial charge in [-0.2, -0.15) is 0 Å². The first kappa shape index (κ1) is 11.0. The summed E-state index contributed by atoms with van der Waals surface area (Å²) in [6.07, 6.45) is 0. The lowest BCUT2D eigenvalue weighted by molar-refractivity contribution is 0.0859. The summed E-state index contributed by atoms with van der Waals surface area (Å²) in [7, 11) is 1.38. The second-order valence-electron chi connectivity index (χ2n) is 3.20. The van der Waals surface area contributed by atoms with Gasteiger partial charge in [0.25, 0.3) is 5.91 Å². The van der Waals surface area contributed by atoms with Crippen LogP contribution in [0.15, 0.2) is 24.3 Å². The third-order valence-corrected chi connectivity index (χ3v) is 1.91. The molecule has 0 fully saturated rings. The zero-order chi connectivity index (χ0) is 11.4. The van der Waals surface area contributed by atoms with Gasteiger partial charge in [0, 0.05) is 12.6 Å². The van der Waals surface area contributed by atoms with Crippen LogP contribution < -0.4 is 11.2 Å². The molecule has 0 radical (unpaired) electrons. The summed E-state index contributed by atoms with van der Waals surface area (Å²) >= 11 is 0. The molecular weight excluding hydrogens is 194 g/mol. The fourth-order valence-electron chi connectivity index (χ4n) is 0.977. The van der Waals surface area contributed by atoms with Crippen LogP contribution in [0.1, 0.15) is 15.9 Å². The van der Waals surface area contributed by atoms with Crippen LogP contribution in [-0.2, 0) is 0 Å². The fourth-order valence-corrected chi connectivity index (χ4v) is 0.977. The number of hydrogen-bond acceptors (Lipinski definition) is 2. The van der Waals surface area contributed by atoms with E-state index < -0.39 is 6.03 Å². The molecule has 3 amide bonds. The van der Waals surface area contributed by atoms with E-state index in [1.165, 1.54) is 7.05 Å². The van der Waals surface area contributed by atoms with Crippen molar-refractivity contribution >= 4 is 11.9 Å². The van der Waals surface area contributed by atoms with Crippen molar-refractivity contribution in [2.45, 2.75) is 6.92 Å². The quantitative estimate of drug-likeness (QED) is 0.663. The molecule has 0 unspecified atom stereocenters. The molecule has 1 aromatic carbocycles. The minimum atomic E-state index is -0.713. The van der Waals surface area contributed by atoms with Crippen LogP contribution in [-0.4, -0.2) is 24.0 Å². The van der Waals surface area contributed by atoms with Gasteiger partial charge in [-0.05, 0) is 19.1 Å². The monoisotopic (exact) mass is 207 g/mol. The molecule has 5 heteroatoms. The number of urea groups is 1. The Hall–Kier alpha value is -2.04. The minimum absolute atomic E-state index is 0.365. The van der Waals surface area contributed by atoms with E-state index in [1.54, 1.807) is 12.1 Å². The third kappa shape index (κ3) is 2.98. The molecule has 0 aromatic heterocycles. The van der Waals surface area contributed by atoms with Gasteiger partial charge in [0.1, 0.15) is 0 Å². The summed E-state index contributed by atoms with van der Waals surface area (Å²) in [4.78, 5) is 22.2. The van der Waals surface area contributed by atoms with Gasteiger partial charge >= 0.3 is 6.03 Å². The summed E-state index contributed by atoms with van der Waals surface area (Å²) in [5, 5.41) is 0.933. The minimum Gasteiger partial charge on any atom is -0.350 e. The Morgan fingerprint density at radius 1 is 1.27 bits per heavy atom. The van der Waals surface area contributed by atoms with Crippen LogP contribution in [0.4, 0.5) is 4.79 Å². The highest BCUT2D eigenvalue weighted by Crippen LogP contribution is 2.02. The van der Waals surface area contributed by atoms with E-state index in [-0.39, 0.29) is 5.91 Å². The number of nitrogens with two attached hydrogens (primary N) is 1. The molecule has 0 aliphatic rings. The number of nitrogens with one attached hydrogen (secondary N) is 1. The molecular formula is C10H13N3O2. The van der Waals surface area contributed by atoms with Crippen molar-refractivity contribution in [2.75, 3.05) is 7.05 Å². The van der Waals surface area contributed by atoms with E-state index in [0.29, 0.717) is 5.56 Å². The van der Waals surface area contributed by atoms with Crippen molar-refractivity contribution in [2.24, 2.45) is 5.73 Å². The van der Waals surface area contributed by atoms with Crippen molar-refractivity contribution in [3.63, 3.8) is 0 Å². The van der Waals surface area contributed by atoms with E-state index in [2.05, 4.69) is 5.43 Å². The van der Waals surface area contributed by atoms with Crippen molar-refractivity contribution in [3.8, 4) is 0 Å². The largest absolute Gasteiger partial charge is 0.350 e. The second kappa shape index (κ2) is 4.45. The van der Waals surface area contributed by atoms with Crippen molar-refractivity contribution in [3.05, 3.63) is 35.4 Å². The molecule has 0 saturated carbocycles.